The molecule has 184 valence electrons. The fraction of sp³-hybridized carbons (Fsp3) is 0.320. The van der Waals surface area contributed by atoms with Crippen LogP contribution in [0.1, 0.15) is 41.1 Å². The minimum absolute atomic E-state index is 0.0606. The van der Waals surface area contributed by atoms with Crippen molar-refractivity contribution in [2.24, 2.45) is 5.92 Å². The number of anilines is 1. The average Bonchev–Trinajstić information content (AvgIpc) is 3.28. The lowest BCUT2D eigenvalue weighted by Crippen LogP contribution is -2.49. The van der Waals surface area contributed by atoms with Gasteiger partial charge in [0.25, 0.3) is 5.91 Å². The summed E-state index contributed by atoms with van der Waals surface area (Å²) in [6, 6.07) is 12.1. The molecule has 2 aromatic rings. The molecule has 0 spiro atoms. The number of hydrogen-bond donors (Lipinski definition) is 2. The van der Waals surface area contributed by atoms with Crippen LogP contribution in [0.3, 0.4) is 0 Å². The van der Waals surface area contributed by atoms with Gasteiger partial charge in [-0.2, -0.15) is 0 Å². The van der Waals surface area contributed by atoms with Crippen LogP contribution in [0.25, 0.3) is 0 Å². The smallest absolute Gasteiger partial charge is 0.478 e. The molecule has 3 atom stereocenters. The molecule has 2 aliphatic rings. The first kappa shape index (κ1) is 24.3. The summed E-state index contributed by atoms with van der Waals surface area (Å²) in [6.45, 7) is 0.284. The number of carboxylic acids is 1. The summed E-state index contributed by atoms with van der Waals surface area (Å²) in [6.07, 6.45) is -0.605. The number of rotatable bonds is 6. The molecule has 0 unspecified atom stereocenters. The molecule has 0 aromatic heterocycles. The molecular weight excluding hydrogens is 465 g/mol. The van der Waals surface area contributed by atoms with Gasteiger partial charge in [-0.15, -0.1) is 13.2 Å². The van der Waals surface area contributed by atoms with Crippen molar-refractivity contribution in [3.8, 4) is 5.75 Å². The van der Waals surface area contributed by atoms with Gasteiger partial charge in [0.15, 0.2) is 0 Å². The van der Waals surface area contributed by atoms with E-state index in [2.05, 4.69) is 10.1 Å². The van der Waals surface area contributed by atoms with Crippen molar-refractivity contribution in [2.45, 2.75) is 37.6 Å². The van der Waals surface area contributed by atoms with E-state index in [1.807, 2.05) is 18.2 Å². The summed E-state index contributed by atoms with van der Waals surface area (Å²) in [5.41, 5.74) is 1.81. The molecule has 10 heteroatoms. The third-order valence-electron chi connectivity index (χ3n) is 6.40. The summed E-state index contributed by atoms with van der Waals surface area (Å²) in [5.74, 6) is -2.47. The van der Waals surface area contributed by atoms with Gasteiger partial charge in [-0.25, -0.2) is 4.79 Å². The highest BCUT2D eigenvalue weighted by Gasteiger charge is 2.45. The molecule has 1 aliphatic heterocycles. The predicted octanol–water partition coefficient (Wildman–Crippen LogP) is 4.25. The molecule has 35 heavy (non-hydrogen) atoms. The number of hydrogen-bond acceptors (Lipinski definition) is 4. The Balaban J connectivity index is 1.60. The van der Waals surface area contributed by atoms with Crippen LogP contribution >= 0.6 is 0 Å². The number of ether oxygens (including phenoxy) is 1. The maximum Gasteiger partial charge on any atom is 0.573 e. The molecule has 0 radical (unpaired) electrons. The maximum atomic E-state index is 13.6. The van der Waals surface area contributed by atoms with Crippen LogP contribution in [-0.2, 0) is 9.59 Å². The second-order valence-electron chi connectivity index (χ2n) is 8.49. The van der Waals surface area contributed by atoms with Crippen molar-refractivity contribution in [1.29, 1.82) is 0 Å². The SMILES string of the molecule is O=C(O)/C=C/C(=O)NC[C@H]1c2ccccc2N(C(=O)c2ccc(OC(F)(F)F)cc2)[C@@H]2CCC[C@@H]21. The fourth-order valence-corrected chi connectivity index (χ4v) is 5.06. The second kappa shape index (κ2) is 9.81. The summed E-state index contributed by atoms with van der Waals surface area (Å²) in [5, 5.41) is 11.5. The highest BCUT2D eigenvalue weighted by atomic mass is 19.4. The molecule has 2 amide bonds. The lowest BCUT2D eigenvalue weighted by molar-refractivity contribution is -0.274. The van der Waals surface area contributed by atoms with E-state index < -0.39 is 24.0 Å². The van der Waals surface area contributed by atoms with Crippen LogP contribution < -0.4 is 15.0 Å². The van der Waals surface area contributed by atoms with Gasteiger partial charge in [-0.3, -0.25) is 9.59 Å². The zero-order chi connectivity index (χ0) is 25.2. The molecular formula is C25H23F3N2O5. The van der Waals surface area contributed by atoms with Gasteiger partial charge in [0.1, 0.15) is 5.75 Å². The number of alkyl halides is 3. The number of para-hydroxylation sites is 1. The van der Waals surface area contributed by atoms with E-state index in [-0.39, 0.29) is 35.9 Å². The van der Waals surface area contributed by atoms with Crippen LogP contribution in [0.5, 0.6) is 5.75 Å². The highest BCUT2D eigenvalue weighted by Crippen LogP contribution is 2.49. The number of aliphatic carboxylic acids is 1. The molecule has 1 heterocycles. The Morgan fingerprint density at radius 2 is 1.77 bits per heavy atom. The van der Waals surface area contributed by atoms with E-state index in [1.165, 1.54) is 12.1 Å². The van der Waals surface area contributed by atoms with Crippen LogP contribution in [0.15, 0.2) is 60.7 Å². The van der Waals surface area contributed by atoms with Gasteiger partial charge in [0.05, 0.1) is 0 Å². The molecule has 2 N–H and O–H groups in total. The standard InChI is InChI=1S/C25H23F3N2O5/c26-25(27,28)35-16-10-8-15(9-11-16)24(34)30-20-6-2-1-4-17(20)19(18-5-3-7-21(18)30)14-29-22(31)12-13-23(32)33/h1-2,4,6,8-13,18-19,21H,3,5,7,14H2,(H,29,31)(H,32,33)/b13-12+/t18-,19+,21-/m1/s1. The quantitative estimate of drug-likeness (QED) is 0.593. The summed E-state index contributed by atoms with van der Waals surface area (Å²) in [7, 11) is 0. The number of benzene rings is 2. The monoisotopic (exact) mass is 488 g/mol. The van der Waals surface area contributed by atoms with Gasteiger partial charge < -0.3 is 20.1 Å². The van der Waals surface area contributed by atoms with E-state index >= 15 is 0 Å². The van der Waals surface area contributed by atoms with Gasteiger partial charge in [-0.1, -0.05) is 24.6 Å². The number of amides is 2. The summed E-state index contributed by atoms with van der Waals surface area (Å²) in [4.78, 5) is 38.0. The van der Waals surface area contributed by atoms with Crippen molar-refractivity contribution in [3.05, 3.63) is 71.8 Å². The number of nitrogens with zero attached hydrogens (tertiary/aromatic N) is 1. The zero-order valence-corrected chi connectivity index (χ0v) is 18.5. The normalized spacial score (nSPS) is 21.3. The average molecular weight is 488 g/mol. The van der Waals surface area contributed by atoms with Crippen molar-refractivity contribution in [2.75, 3.05) is 11.4 Å². The molecule has 1 saturated carbocycles. The molecule has 0 saturated heterocycles. The van der Waals surface area contributed by atoms with Crippen molar-refractivity contribution in [3.63, 3.8) is 0 Å². The first-order valence-corrected chi connectivity index (χ1v) is 11.1. The minimum Gasteiger partial charge on any atom is -0.478 e. The van der Waals surface area contributed by atoms with Crippen LogP contribution in [0.2, 0.25) is 0 Å². The number of nitrogens with one attached hydrogen (secondary N) is 1. The Hall–Kier alpha value is -3.82. The molecule has 0 bridgehead atoms. The van der Waals surface area contributed by atoms with Crippen molar-refractivity contribution in [1.82, 2.24) is 5.32 Å². The fourth-order valence-electron chi connectivity index (χ4n) is 5.06. The summed E-state index contributed by atoms with van der Waals surface area (Å²) < 4.78 is 41.3. The maximum absolute atomic E-state index is 13.6. The molecule has 1 fully saturated rings. The molecule has 7 nitrogen and oxygen atoms in total. The third kappa shape index (κ3) is 5.47. The number of carboxylic acid groups (broad SMARTS) is 1. The van der Waals surface area contributed by atoms with Crippen molar-refractivity contribution >= 4 is 23.5 Å². The Morgan fingerprint density at radius 3 is 2.46 bits per heavy atom. The largest absolute Gasteiger partial charge is 0.573 e. The van der Waals surface area contributed by atoms with Gasteiger partial charge in [-0.05, 0) is 54.7 Å². The molecule has 2 aromatic carbocycles. The Bertz CT molecular complexity index is 1150. The molecule has 1 aliphatic carbocycles. The number of fused-ring (bicyclic) bond motifs is 2. The van der Waals surface area contributed by atoms with Crippen LogP contribution in [0.4, 0.5) is 18.9 Å². The number of carbonyl (C=O) groups excluding carboxylic acids is 2. The van der Waals surface area contributed by atoms with E-state index in [1.54, 1.807) is 11.0 Å². The number of halogens is 3. The van der Waals surface area contributed by atoms with Gasteiger partial charge in [0.2, 0.25) is 5.91 Å². The first-order chi connectivity index (χ1) is 16.6. The lowest BCUT2D eigenvalue weighted by Gasteiger charge is -2.44. The summed E-state index contributed by atoms with van der Waals surface area (Å²) >= 11 is 0. The van der Waals surface area contributed by atoms with Crippen molar-refractivity contribution < 1.29 is 37.4 Å². The third-order valence-corrected chi connectivity index (χ3v) is 6.40. The molecule has 4 rings (SSSR count). The van der Waals surface area contributed by atoms with Crippen LogP contribution in [-0.4, -0.2) is 41.8 Å². The Morgan fingerprint density at radius 1 is 1.06 bits per heavy atom. The number of carbonyl (C=O) groups is 3. The first-order valence-electron chi connectivity index (χ1n) is 11.1. The van der Waals surface area contributed by atoms with Crippen LogP contribution in [0, 0.1) is 5.92 Å². The lowest BCUT2D eigenvalue weighted by atomic mass is 9.77. The highest BCUT2D eigenvalue weighted by molar-refractivity contribution is 6.07. The van der Waals surface area contributed by atoms with Gasteiger partial charge >= 0.3 is 12.3 Å². The van der Waals surface area contributed by atoms with E-state index in [0.29, 0.717) is 5.69 Å². The predicted molar refractivity (Wildman–Crippen MR) is 120 cm³/mol. The second-order valence-corrected chi connectivity index (χ2v) is 8.49. The Kier molecular flexibility index (Phi) is 6.81. The topological polar surface area (TPSA) is 95.9 Å². The zero-order valence-electron chi connectivity index (χ0n) is 18.5. The Labute approximate surface area is 199 Å². The van der Waals surface area contributed by atoms with E-state index in [4.69, 9.17) is 5.11 Å². The van der Waals surface area contributed by atoms with E-state index in [0.717, 1.165) is 49.1 Å². The van der Waals surface area contributed by atoms with Gasteiger partial charge in [0, 0.05) is 41.9 Å². The minimum atomic E-state index is -4.82. The van der Waals surface area contributed by atoms with E-state index in [9.17, 15) is 27.6 Å².